The highest BCUT2D eigenvalue weighted by Crippen LogP contribution is 2.37. The molecule has 1 unspecified atom stereocenters. The lowest BCUT2D eigenvalue weighted by Crippen LogP contribution is -2.41. The SMILES string of the molecule is Cc1ccc2c(c1)N(CC(=O)O)C(C)CS2. The maximum Gasteiger partial charge on any atom is 0.323 e. The van der Waals surface area contributed by atoms with Crippen LogP contribution in [0.2, 0.25) is 0 Å². The molecule has 16 heavy (non-hydrogen) atoms. The van der Waals surface area contributed by atoms with Crippen LogP contribution in [0, 0.1) is 6.92 Å². The molecular weight excluding hydrogens is 222 g/mol. The van der Waals surface area contributed by atoms with Gasteiger partial charge in [0.25, 0.3) is 0 Å². The Morgan fingerprint density at radius 2 is 2.38 bits per heavy atom. The molecular formula is C12H15NO2S. The number of fused-ring (bicyclic) bond motifs is 1. The van der Waals surface area contributed by atoms with Crippen molar-refractivity contribution >= 4 is 23.4 Å². The Kier molecular flexibility index (Phi) is 3.10. The van der Waals surface area contributed by atoms with Gasteiger partial charge >= 0.3 is 5.97 Å². The predicted molar refractivity (Wildman–Crippen MR) is 66.3 cm³/mol. The van der Waals surface area contributed by atoms with Crippen molar-refractivity contribution in [1.29, 1.82) is 0 Å². The Labute approximate surface area is 99.5 Å². The van der Waals surface area contributed by atoms with Gasteiger partial charge in [0.05, 0.1) is 5.69 Å². The second-order valence-corrected chi connectivity index (χ2v) is 5.21. The average Bonchev–Trinajstić information content (AvgIpc) is 2.22. The summed E-state index contributed by atoms with van der Waals surface area (Å²) in [6.45, 7) is 4.18. The van der Waals surface area contributed by atoms with E-state index in [2.05, 4.69) is 25.1 Å². The van der Waals surface area contributed by atoms with Gasteiger partial charge in [-0.25, -0.2) is 0 Å². The normalized spacial score (nSPS) is 19.4. The number of carboxylic acids is 1. The van der Waals surface area contributed by atoms with Gasteiger partial charge in [-0.3, -0.25) is 4.79 Å². The highest BCUT2D eigenvalue weighted by atomic mass is 32.2. The van der Waals surface area contributed by atoms with Crippen molar-refractivity contribution in [3.05, 3.63) is 23.8 Å². The minimum atomic E-state index is -0.772. The molecule has 4 heteroatoms. The van der Waals surface area contributed by atoms with Gasteiger partial charge in [-0.1, -0.05) is 6.07 Å². The number of rotatable bonds is 2. The van der Waals surface area contributed by atoms with Gasteiger partial charge in [-0.05, 0) is 31.5 Å². The molecule has 0 bridgehead atoms. The van der Waals surface area contributed by atoms with E-state index < -0.39 is 5.97 Å². The number of aryl methyl sites for hydroxylation is 1. The Morgan fingerprint density at radius 1 is 1.62 bits per heavy atom. The first-order chi connectivity index (χ1) is 7.58. The van der Waals surface area contributed by atoms with E-state index in [9.17, 15) is 4.79 Å². The van der Waals surface area contributed by atoms with E-state index in [0.717, 1.165) is 11.4 Å². The summed E-state index contributed by atoms with van der Waals surface area (Å²) in [5, 5.41) is 8.93. The van der Waals surface area contributed by atoms with E-state index in [-0.39, 0.29) is 12.6 Å². The summed E-state index contributed by atoms with van der Waals surface area (Å²) in [6, 6.07) is 6.49. The van der Waals surface area contributed by atoms with Crippen molar-refractivity contribution in [2.75, 3.05) is 17.2 Å². The van der Waals surface area contributed by atoms with Crippen LogP contribution in [0.25, 0.3) is 0 Å². The molecule has 2 rings (SSSR count). The summed E-state index contributed by atoms with van der Waals surface area (Å²) < 4.78 is 0. The number of benzene rings is 1. The van der Waals surface area contributed by atoms with Gasteiger partial charge in [0.1, 0.15) is 6.54 Å². The van der Waals surface area contributed by atoms with Gasteiger partial charge < -0.3 is 10.0 Å². The third-order valence-electron chi connectivity index (χ3n) is 2.74. The number of nitrogens with zero attached hydrogens (tertiary/aromatic N) is 1. The van der Waals surface area contributed by atoms with Crippen LogP contribution < -0.4 is 4.90 Å². The van der Waals surface area contributed by atoms with Gasteiger partial charge in [0.15, 0.2) is 0 Å². The molecule has 1 aromatic carbocycles. The monoisotopic (exact) mass is 237 g/mol. The van der Waals surface area contributed by atoms with Crippen LogP contribution in [0.15, 0.2) is 23.1 Å². The molecule has 0 amide bonds. The Morgan fingerprint density at radius 3 is 3.06 bits per heavy atom. The lowest BCUT2D eigenvalue weighted by Gasteiger charge is -2.35. The Balaban J connectivity index is 2.38. The van der Waals surface area contributed by atoms with Crippen LogP contribution in [-0.4, -0.2) is 29.4 Å². The molecule has 1 N–H and O–H groups in total. The average molecular weight is 237 g/mol. The quantitative estimate of drug-likeness (QED) is 0.857. The van der Waals surface area contributed by atoms with E-state index >= 15 is 0 Å². The van der Waals surface area contributed by atoms with Gasteiger partial charge in [0.2, 0.25) is 0 Å². The van der Waals surface area contributed by atoms with E-state index in [4.69, 9.17) is 5.11 Å². The first-order valence-electron chi connectivity index (χ1n) is 5.30. The van der Waals surface area contributed by atoms with Crippen LogP contribution >= 0.6 is 11.8 Å². The molecule has 1 aromatic rings. The van der Waals surface area contributed by atoms with Crippen molar-refractivity contribution in [3.8, 4) is 0 Å². The number of hydrogen-bond donors (Lipinski definition) is 1. The van der Waals surface area contributed by atoms with Crippen molar-refractivity contribution in [2.45, 2.75) is 24.8 Å². The molecule has 0 fully saturated rings. The fourth-order valence-electron chi connectivity index (χ4n) is 1.90. The fraction of sp³-hybridized carbons (Fsp3) is 0.417. The Bertz CT molecular complexity index is 419. The summed E-state index contributed by atoms with van der Waals surface area (Å²) in [4.78, 5) is 14.0. The maximum atomic E-state index is 10.9. The summed E-state index contributed by atoms with van der Waals surface area (Å²) in [5.74, 6) is 0.176. The number of anilines is 1. The number of aliphatic carboxylic acids is 1. The van der Waals surface area contributed by atoms with Gasteiger partial charge in [-0.15, -0.1) is 11.8 Å². The third-order valence-corrected chi connectivity index (χ3v) is 4.05. The van der Waals surface area contributed by atoms with Crippen LogP contribution in [0.4, 0.5) is 5.69 Å². The zero-order chi connectivity index (χ0) is 11.7. The molecule has 0 saturated heterocycles. The molecule has 0 saturated carbocycles. The number of carboxylic acid groups (broad SMARTS) is 1. The largest absolute Gasteiger partial charge is 0.480 e. The minimum Gasteiger partial charge on any atom is -0.480 e. The summed E-state index contributed by atoms with van der Waals surface area (Å²) in [7, 11) is 0. The zero-order valence-corrected chi connectivity index (χ0v) is 10.3. The zero-order valence-electron chi connectivity index (χ0n) is 9.43. The lowest BCUT2D eigenvalue weighted by atomic mass is 10.1. The van der Waals surface area contributed by atoms with Crippen LogP contribution in [0.1, 0.15) is 12.5 Å². The number of carbonyl (C=O) groups is 1. The van der Waals surface area contributed by atoms with Gasteiger partial charge in [0, 0.05) is 16.7 Å². The first kappa shape index (κ1) is 11.3. The molecule has 3 nitrogen and oxygen atoms in total. The van der Waals surface area contributed by atoms with E-state index in [0.29, 0.717) is 0 Å². The van der Waals surface area contributed by atoms with Crippen molar-refractivity contribution in [2.24, 2.45) is 0 Å². The van der Waals surface area contributed by atoms with E-state index in [1.54, 1.807) is 11.8 Å². The van der Waals surface area contributed by atoms with Crippen LogP contribution in [0.3, 0.4) is 0 Å². The summed E-state index contributed by atoms with van der Waals surface area (Å²) in [6.07, 6.45) is 0. The van der Waals surface area contributed by atoms with Gasteiger partial charge in [-0.2, -0.15) is 0 Å². The standard InChI is InChI=1S/C12H15NO2S/c1-8-3-4-11-10(5-8)13(6-12(14)15)9(2)7-16-11/h3-5,9H,6-7H2,1-2H3,(H,14,15). The van der Waals surface area contributed by atoms with E-state index in [1.165, 1.54) is 10.5 Å². The Hall–Kier alpha value is -1.16. The molecule has 86 valence electrons. The summed E-state index contributed by atoms with van der Waals surface area (Å²) >= 11 is 1.80. The minimum absolute atomic E-state index is 0.0815. The van der Waals surface area contributed by atoms with E-state index in [1.807, 2.05) is 11.8 Å². The maximum absolute atomic E-state index is 10.9. The molecule has 1 aliphatic rings. The number of thioether (sulfide) groups is 1. The molecule has 0 radical (unpaired) electrons. The highest BCUT2D eigenvalue weighted by molar-refractivity contribution is 7.99. The van der Waals surface area contributed by atoms with Crippen molar-refractivity contribution < 1.29 is 9.90 Å². The molecule has 0 aliphatic carbocycles. The molecule has 1 atom stereocenters. The summed E-state index contributed by atoms with van der Waals surface area (Å²) in [5.41, 5.74) is 2.23. The second kappa shape index (κ2) is 4.37. The fourth-order valence-corrected chi connectivity index (χ4v) is 2.99. The topological polar surface area (TPSA) is 40.5 Å². The van der Waals surface area contributed by atoms with Crippen LogP contribution in [-0.2, 0) is 4.79 Å². The molecule has 1 aliphatic heterocycles. The first-order valence-corrected chi connectivity index (χ1v) is 6.28. The predicted octanol–water partition coefficient (Wildman–Crippen LogP) is 2.38. The smallest absolute Gasteiger partial charge is 0.323 e. The van der Waals surface area contributed by atoms with Crippen molar-refractivity contribution in [1.82, 2.24) is 0 Å². The second-order valence-electron chi connectivity index (χ2n) is 4.15. The third kappa shape index (κ3) is 2.16. The lowest BCUT2D eigenvalue weighted by molar-refractivity contribution is -0.135. The number of hydrogen-bond acceptors (Lipinski definition) is 3. The molecule has 1 heterocycles. The van der Waals surface area contributed by atoms with Crippen LogP contribution in [0.5, 0.6) is 0 Å². The molecule has 0 aromatic heterocycles. The van der Waals surface area contributed by atoms with Crippen molar-refractivity contribution in [3.63, 3.8) is 0 Å². The molecule has 0 spiro atoms. The highest BCUT2D eigenvalue weighted by Gasteiger charge is 2.25.